The second-order valence-corrected chi connectivity index (χ2v) is 7.61. The molecular formula is C19H22N2O2S. The molecule has 4 nitrogen and oxygen atoms in total. The van der Waals surface area contributed by atoms with Crippen LogP contribution in [-0.4, -0.2) is 43.6 Å². The van der Waals surface area contributed by atoms with E-state index in [1.165, 1.54) is 37.3 Å². The molecule has 3 fully saturated rings. The van der Waals surface area contributed by atoms with Crippen LogP contribution in [0, 0.1) is 5.92 Å². The Labute approximate surface area is 146 Å². The van der Waals surface area contributed by atoms with Gasteiger partial charge < -0.3 is 15.0 Å². The number of carbonyl (C=O) groups is 1. The summed E-state index contributed by atoms with van der Waals surface area (Å²) < 4.78 is 5.50. The normalized spacial score (nSPS) is 25.5. The molecule has 3 saturated heterocycles. The standard InChI is InChI=1S/C19H22N2O2S/c1-23-19-15(13-5-3-2-4-6-13)11-17(24-19)18(22)20-16-12-21-9-7-14(16)8-10-21/h2-6,11,14,16H,7-10,12H2,1H3,(H,20,22)/t16-/m0/s1. The minimum absolute atomic E-state index is 0.0271. The van der Waals surface area contributed by atoms with E-state index >= 15 is 0 Å². The fraction of sp³-hybridized carbons (Fsp3) is 0.421. The summed E-state index contributed by atoms with van der Waals surface area (Å²) in [6, 6.07) is 12.3. The lowest BCUT2D eigenvalue weighted by Crippen LogP contribution is -2.57. The Hall–Kier alpha value is -1.85. The number of methoxy groups -OCH3 is 1. The fourth-order valence-electron chi connectivity index (χ4n) is 3.82. The largest absolute Gasteiger partial charge is 0.487 e. The highest BCUT2D eigenvalue weighted by molar-refractivity contribution is 7.16. The average Bonchev–Trinajstić information content (AvgIpc) is 3.08. The smallest absolute Gasteiger partial charge is 0.261 e. The minimum atomic E-state index is 0.0271. The van der Waals surface area contributed by atoms with Crippen molar-refractivity contribution in [1.29, 1.82) is 0 Å². The first kappa shape index (κ1) is 15.7. The molecule has 4 heterocycles. The van der Waals surface area contributed by atoms with E-state index in [9.17, 15) is 4.79 Å². The second kappa shape index (κ2) is 6.57. The van der Waals surface area contributed by atoms with E-state index in [4.69, 9.17) is 4.74 Å². The summed E-state index contributed by atoms with van der Waals surface area (Å²) in [6.45, 7) is 3.36. The molecule has 3 aliphatic heterocycles. The summed E-state index contributed by atoms with van der Waals surface area (Å²) in [6.07, 6.45) is 2.40. The molecule has 5 heteroatoms. The van der Waals surface area contributed by atoms with E-state index in [1.54, 1.807) is 7.11 Å². The SMILES string of the molecule is COc1sc(C(=O)N[C@H]2CN3CCC2CC3)cc1-c1ccccc1. The van der Waals surface area contributed by atoms with Gasteiger partial charge in [-0.05, 0) is 43.5 Å². The second-order valence-electron chi connectivity index (χ2n) is 6.60. The maximum atomic E-state index is 12.7. The van der Waals surface area contributed by atoms with Crippen molar-refractivity contribution in [3.05, 3.63) is 41.3 Å². The molecular weight excluding hydrogens is 320 g/mol. The maximum Gasteiger partial charge on any atom is 0.261 e. The summed E-state index contributed by atoms with van der Waals surface area (Å²) in [5.41, 5.74) is 2.06. The molecule has 0 spiro atoms. The van der Waals surface area contributed by atoms with Gasteiger partial charge in [0.2, 0.25) is 0 Å². The Bertz CT molecular complexity index is 720. The van der Waals surface area contributed by atoms with Gasteiger partial charge in [-0.15, -0.1) is 0 Å². The first-order valence-electron chi connectivity index (χ1n) is 8.51. The lowest BCUT2D eigenvalue weighted by molar-refractivity contribution is 0.0622. The summed E-state index contributed by atoms with van der Waals surface area (Å²) in [4.78, 5) is 15.9. The average molecular weight is 342 g/mol. The molecule has 5 rings (SSSR count). The van der Waals surface area contributed by atoms with Crippen LogP contribution in [-0.2, 0) is 0 Å². The lowest BCUT2D eigenvalue weighted by atomic mass is 9.84. The molecule has 2 bridgehead atoms. The molecule has 1 N–H and O–H groups in total. The predicted octanol–water partition coefficient (Wildman–Crippen LogP) is 3.25. The van der Waals surface area contributed by atoms with E-state index in [1.807, 2.05) is 36.4 Å². The van der Waals surface area contributed by atoms with Crippen LogP contribution >= 0.6 is 11.3 Å². The number of hydrogen-bond acceptors (Lipinski definition) is 4. The number of fused-ring (bicyclic) bond motifs is 3. The van der Waals surface area contributed by atoms with Crippen molar-refractivity contribution in [3.8, 4) is 16.2 Å². The topological polar surface area (TPSA) is 41.6 Å². The summed E-state index contributed by atoms with van der Waals surface area (Å²) in [5.74, 6) is 0.661. The number of nitrogens with one attached hydrogen (secondary N) is 1. The molecule has 3 aliphatic rings. The van der Waals surface area contributed by atoms with Crippen LogP contribution in [0.15, 0.2) is 36.4 Å². The van der Waals surface area contributed by atoms with Crippen molar-refractivity contribution in [2.24, 2.45) is 5.92 Å². The molecule has 1 atom stereocenters. The Morgan fingerprint density at radius 3 is 2.62 bits per heavy atom. The van der Waals surface area contributed by atoms with Crippen molar-refractivity contribution in [2.75, 3.05) is 26.7 Å². The van der Waals surface area contributed by atoms with Gasteiger partial charge in [0.15, 0.2) is 5.06 Å². The predicted molar refractivity (Wildman–Crippen MR) is 96.7 cm³/mol. The molecule has 0 saturated carbocycles. The van der Waals surface area contributed by atoms with Crippen molar-refractivity contribution < 1.29 is 9.53 Å². The third-order valence-electron chi connectivity index (χ3n) is 5.16. The quantitative estimate of drug-likeness (QED) is 0.927. The number of thiophene rings is 1. The fourth-order valence-corrected chi connectivity index (χ4v) is 4.72. The van der Waals surface area contributed by atoms with Crippen LogP contribution < -0.4 is 10.1 Å². The van der Waals surface area contributed by atoms with Crippen molar-refractivity contribution >= 4 is 17.2 Å². The molecule has 24 heavy (non-hydrogen) atoms. The van der Waals surface area contributed by atoms with Gasteiger partial charge in [-0.1, -0.05) is 41.7 Å². The summed E-state index contributed by atoms with van der Waals surface area (Å²) >= 11 is 1.42. The Morgan fingerprint density at radius 1 is 1.25 bits per heavy atom. The number of benzene rings is 1. The summed E-state index contributed by atoms with van der Waals surface area (Å²) in [5, 5.41) is 4.05. The molecule has 2 aromatic rings. The maximum absolute atomic E-state index is 12.7. The van der Waals surface area contributed by atoms with Gasteiger partial charge in [0.1, 0.15) is 0 Å². The van der Waals surface area contributed by atoms with E-state index in [0.29, 0.717) is 5.92 Å². The molecule has 0 aliphatic carbocycles. The van der Waals surface area contributed by atoms with Gasteiger partial charge in [-0.25, -0.2) is 0 Å². The molecule has 1 aromatic carbocycles. The zero-order valence-electron chi connectivity index (χ0n) is 13.8. The van der Waals surface area contributed by atoms with Gasteiger partial charge in [-0.2, -0.15) is 0 Å². The van der Waals surface area contributed by atoms with Gasteiger partial charge >= 0.3 is 0 Å². The van der Waals surface area contributed by atoms with Crippen molar-refractivity contribution in [3.63, 3.8) is 0 Å². The number of nitrogens with zero attached hydrogens (tertiary/aromatic N) is 1. The number of hydrogen-bond donors (Lipinski definition) is 1. The Morgan fingerprint density at radius 2 is 2.00 bits per heavy atom. The van der Waals surface area contributed by atoms with Crippen LogP contribution in [0.3, 0.4) is 0 Å². The van der Waals surface area contributed by atoms with Crippen molar-refractivity contribution in [1.82, 2.24) is 10.2 Å². The van der Waals surface area contributed by atoms with E-state index in [0.717, 1.165) is 27.6 Å². The van der Waals surface area contributed by atoms with Crippen LogP contribution in [0.4, 0.5) is 0 Å². The van der Waals surface area contributed by atoms with Crippen LogP contribution in [0.25, 0.3) is 11.1 Å². The summed E-state index contributed by atoms with van der Waals surface area (Å²) in [7, 11) is 1.66. The number of piperidine rings is 3. The third-order valence-corrected chi connectivity index (χ3v) is 6.26. The number of rotatable bonds is 4. The monoisotopic (exact) mass is 342 g/mol. The number of amides is 1. The Balaban J connectivity index is 1.54. The van der Waals surface area contributed by atoms with E-state index < -0.39 is 0 Å². The van der Waals surface area contributed by atoms with Gasteiger partial charge in [0.25, 0.3) is 5.91 Å². The highest BCUT2D eigenvalue weighted by Crippen LogP contribution is 2.38. The van der Waals surface area contributed by atoms with Gasteiger partial charge in [0.05, 0.1) is 12.0 Å². The van der Waals surface area contributed by atoms with E-state index in [-0.39, 0.29) is 11.9 Å². The molecule has 126 valence electrons. The third kappa shape index (κ3) is 2.94. The molecule has 0 unspecified atom stereocenters. The van der Waals surface area contributed by atoms with Crippen LogP contribution in [0.2, 0.25) is 0 Å². The molecule has 1 amide bonds. The highest BCUT2D eigenvalue weighted by atomic mass is 32.1. The molecule has 1 aromatic heterocycles. The van der Waals surface area contributed by atoms with Crippen molar-refractivity contribution in [2.45, 2.75) is 18.9 Å². The Kier molecular flexibility index (Phi) is 4.29. The first-order valence-corrected chi connectivity index (χ1v) is 9.32. The van der Waals surface area contributed by atoms with E-state index in [2.05, 4.69) is 10.2 Å². The number of ether oxygens (including phenoxy) is 1. The zero-order valence-corrected chi connectivity index (χ0v) is 14.6. The lowest BCUT2D eigenvalue weighted by Gasteiger charge is -2.44. The first-order chi connectivity index (χ1) is 11.7. The molecule has 0 radical (unpaired) electrons. The zero-order chi connectivity index (χ0) is 16.5. The van der Waals surface area contributed by atoms with Crippen LogP contribution in [0.1, 0.15) is 22.5 Å². The minimum Gasteiger partial charge on any atom is -0.487 e. The van der Waals surface area contributed by atoms with Crippen LogP contribution in [0.5, 0.6) is 5.06 Å². The van der Waals surface area contributed by atoms with Gasteiger partial charge in [0, 0.05) is 18.2 Å². The number of carbonyl (C=O) groups excluding carboxylic acids is 1. The van der Waals surface area contributed by atoms with Gasteiger partial charge in [-0.3, -0.25) is 4.79 Å². The highest BCUT2D eigenvalue weighted by Gasteiger charge is 2.35.